The number of amides is 1. The van der Waals surface area contributed by atoms with Crippen LogP contribution in [0.1, 0.15) is 155 Å². The number of esters is 1. The van der Waals surface area contributed by atoms with E-state index in [1.807, 2.05) is 0 Å². The number of carbonyl (C=O) groups excluding carboxylic acids is 2. The number of hydrogen-bond donors (Lipinski definition) is 3. The number of rotatable bonds is 33. The molecule has 2 unspecified atom stereocenters. The molecule has 3 N–H and O–H groups in total. The summed E-state index contributed by atoms with van der Waals surface area (Å²) in [5.74, 6) is -0.537. The summed E-state index contributed by atoms with van der Waals surface area (Å²) < 4.78 is 26.7. The predicted molar refractivity (Wildman–Crippen MR) is 183 cm³/mol. The van der Waals surface area contributed by atoms with Crippen LogP contribution < -0.4 is 5.32 Å². The second-order valence-corrected chi connectivity index (χ2v) is 13.3. The van der Waals surface area contributed by atoms with Gasteiger partial charge in [0.1, 0.15) is 12.7 Å². The quantitative estimate of drug-likeness (QED) is 0.0276. The van der Waals surface area contributed by atoms with Crippen LogP contribution in [0.25, 0.3) is 0 Å². The summed E-state index contributed by atoms with van der Waals surface area (Å²) in [6.07, 6.45) is 31.0. The van der Waals surface area contributed by atoms with Crippen molar-refractivity contribution in [3.05, 3.63) is 24.3 Å². The second-order valence-electron chi connectivity index (χ2n) is 11.8. The van der Waals surface area contributed by atoms with Crippen molar-refractivity contribution in [1.82, 2.24) is 5.32 Å². The summed E-state index contributed by atoms with van der Waals surface area (Å²) in [6.45, 7) is 3.46. The van der Waals surface area contributed by atoms with E-state index in [-0.39, 0.29) is 32.1 Å². The van der Waals surface area contributed by atoms with E-state index in [2.05, 4.69) is 43.5 Å². The first-order chi connectivity index (χ1) is 21.8. The van der Waals surface area contributed by atoms with E-state index in [1.54, 1.807) is 0 Å². The Hall–Kier alpha value is -1.51. The Kier molecular flexibility index (Phi) is 31.3. The molecule has 0 aromatic heterocycles. The van der Waals surface area contributed by atoms with Crippen LogP contribution in [0, 0.1) is 0 Å². The van der Waals surface area contributed by atoms with Crippen molar-refractivity contribution in [2.75, 3.05) is 26.4 Å². The monoisotopic (exact) mass is 659 g/mol. The van der Waals surface area contributed by atoms with Crippen LogP contribution in [0.15, 0.2) is 24.3 Å². The van der Waals surface area contributed by atoms with Crippen LogP contribution >= 0.6 is 7.82 Å². The Labute approximate surface area is 274 Å². The Morgan fingerprint density at radius 3 is 1.67 bits per heavy atom. The molecule has 45 heavy (non-hydrogen) atoms. The molecular formula is C35H66NO8P. The second kappa shape index (κ2) is 32.4. The fraction of sp³-hybridized carbons (Fsp3) is 0.829. The van der Waals surface area contributed by atoms with Crippen LogP contribution in [-0.4, -0.2) is 54.3 Å². The van der Waals surface area contributed by atoms with Crippen molar-refractivity contribution in [3.63, 3.8) is 0 Å². The Balaban J connectivity index is 3.66. The first-order valence-corrected chi connectivity index (χ1v) is 19.3. The summed E-state index contributed by atoms with van der Waals surface area (Å²) in [5.41, 5.74) is 0. The maximum absolute atomic E-state index is 12.0. The summed E-state index contributed by atoms with van der Waals surface area (Å²) in [6, 6.07) is 0. The van der Waals surface area contributed by atoms with Gasteiger partial charge in [-0.3, -0.25) is 18.6 Å². The number of phosphoric ester groups is 1. The smallest absolute Gasteiger partial charge is 0.463 e. The molecule has 0 aromatic carbocycles. The van der Waals surface area contributed by atoms with Crippen molar-refractivity contribution in [2.45, 2.75) is 161 Å². The third kappa shape index (κ3) is 33.7. The van der Waals surface area contributed by atoms with Gasteiger partial charge in [0.2, 0.25) is 5.91 Å². The highest BCUT2D eigenvalue weighted by atomic mass is 31.2. The van der Waals surface area contributed by atoms with Gasteiger partial charge in [-0.05, 0) is 64.2 Å². The lowest BCUT2D eigenvalue weighted by Crippen LogP contribution is -2.27. The predicted octanol–water partition coefficient (Wildman–Crippen LogP) is 8.87. The number of ether oxygens (including phenoxy) is 1. The normalized spacial score (nSPS) is 13.8. The van der Waals surface area contributed by atoms with Crippen LogP contribution in [0.3, 0.4) is 0 Å². The minimum absolute atomic E-state index is 0.0771. The maximum atomic E-state index is 12.0. The first kappa shape index (κ1) is 43.5. The Bertz CT molecular complexity index is 805. The molecule has 0 radical (unpaired) electrons. The minimum atomic E-state index is -4.41. The van der Waals surface area contributed by atoms with Crippen molar-refractivity contribution in [1.29, 1.82) is 0 Å². The molecule has 0 fully saturated rings. The van der Waals surface area contributed by atoms with Gasteiger partial charge < -0.3 is 20.1 Å². The van der Waals surface area contributed by atoms with Gasteiger partial charge >= 0.3 is 13.8 Å². The fourth-order valence-electron chi connectivity index (χ4n) is 4.60. The third-order valence-corrected chi connectivity index (χ3v) is 8.34. The van der Waals surface area contributed by atoms with Gasteiger partial charge in [-0.25, -0.2) is 4.57 Å². The molecule has 264 valence electrons. The molecule has 0 aliphatic heterocycles. The van der Waals surface area contributed by atoms with Crippen molar-refractivity contribution >= 4 is 19.7 Å². The Morgan fingerprint density at radius 1 is 0.667 bits per heavy atom. The molecule has 9 nitrogen and oxygen atoms in total. The van der Waals surface area contributed by atoms with Gasteiger partial charge in [-0.1, -0.05) is 102 Å². The van der Waals surface area contributed by atoms with Gasteiger partial charge in [-0.15, -0.1) is 0 Å². The molecule has 0 heterocycles. The molecule has 1 amide bonds. The van der Waals surface area contributed by atoms with Crippen molar-refractivity contribution < 1.29 is 37.9 Å². The number of phosphoric acid groups is 1. The first-order valence-electron chi connectivity index (χ1n) is 17.8. The van der Waals surface area contributed by atoms with E-state index in [0.717, 1.165) is 70.6 Å². The third-order valence-electron chi connectivity index (χ3n) is 7.35. The molecule has 0 aromatic rings. The van der Waals surface area contributed by atoms with E-state index in [4.69, 9.17) is 13.8 Å². The zero-order chi connectivity index (χ0) is 33.3. The molecule has 0 rings (SSSR count). The van der Waals surface area contributed by atoms with Crippen molar-refractivity contribution in [2.24, 2.45) is 0 Å². The molecule has 2 atom stereocenters. The molecule has 0 spiro atoms. The van der Waals surface area contributed by atoms with Gasteiger partial charge in [0.15, 0.2) is 0 Å². The molecular weight excluding hydrogens is 593 g/mol. The van der Waals surface area contributed by atoms with Crippen LogP contribution in [-0.2, 0) is 27.9 Å². The average Bonchev–Trinajstić information content (AvgIpc) is 3.02. The zero-order valence-corrected chi connectivity index (χ0v) is 29.5. The Morgan fingerprint density at radius 2 is 1.13 bits per heavy atom. The molecule has 0 aliphatic rings. The van der Waals surface area contributed by atoms with Crippen molar-refractivity contribution in [3.8, 4) is 0 Å². The highest BCUT2D eigenvalue weighted by Crippen LogP contribution is 2.42. The van der Waals surface area contributed by atoms with Gasteiger partial charge in [0.25, 0.3) is 0 Å². The molecule has 0 bridgehead atoms. The van der Waals surface area contributed by atoms with E-state index in [1.165, 1.54) is 57.8 Å². The summed E-state index contributed by atoms with van der Waals surface area (Å²) >= 11 is 0. The highest BCUT2D eigenvalue weighted by molar-refractivity contribution is 7.47. The summed E-state index contributed by atoms with van der Waals surface area (Å²) in [7, 11) is -4.41. The SMILES string of the molecule is CCCCC/C=C\CCCCCCCC(=O)NCCOP(=O)(O)OCC(O)COC(=O)CCCCCCC/C=C\CCCCC. The lowest BCUT2D eigenvalue weighted by atomic mass is 10.1. The number of aliphatic hydroxyl groups excluding tert-OH is 1. The maximum Gasteiger partial charge on any atom is 0.472 e. The average molecular weight is 660 g/mol. The number of allylic oxidation sites excluding steroid dienone is 4. The van der Waals surface area contributed by atoms with Gasteiger partial charge in [-0.2, -0.15) is 0 Å². The topological polar surface area (TPSA) is 131 Å². The number of hydrogen-bond acceptors (Lipinski definition) is 7. The van der Waals surface area contributed by atoms with Crippen LogP contribution in [0.5, 0.6) is 0 Å². The standard InChI is InChI=1S/C35H66NO8P/c1-3-5-7-9-11-13-15-17-19-21-23-25-27-34(38)36-29-30-43-45(40,41)44-32-33(37)31-42-35(39)28-26-24-22-20-18-16-14-12-10-8-6-4-2/h11-14,33,37H,3-10,15-32H2,1-2H3,(H,36,38)(H,40,41)/b13-11-,14-12-. The van der Waals surface area contributed by atoms with E-state index < -0.39 is 26.5 Å². The van der Waals surface area contributed by atoms with E-state index in [9.17, 15) is 24.2 Å². The fourth-order valence-corrected chi connectivity index (χ4v) is 5.36. The largest absolute Gasteiger partial charge is 0.472 e. The highest BCUT2D eigenvalue weighted by Gasteiger charge is 2.23. The van der Waals surface area contributed by atoms with Gasteiger partial charge in [0, 0.05) is 19.4 Å². The minimum Gasteiger partial charge on any atom is -0.463 e. The van der Waals surface area contributed by atoms with Crippen LogP contribution in [0.4, 0.5) is 0 Å². The number of aliphatic hydroxyl groups is 1. The molecule has 0 saturated heterocycles. The molecule has 0 saturated carbocycles. The molecule has 0 aliphatic carbocycles. The van der Waals surface area contributed by atoms with E-state index >= 15 is 0 Å². The summed E-state index contributed by atoms with van der Waals surface area (Å²) in [5, 5.41) is 12.6. The number of nitrogens with one attached hydrogen (secondary N) is 1. The zero-order valence-electron chi connectivity index (χ0n) is 28.6. The lowest BCUT2D eigenvalue weighted by Gasteiger charge is -2.15. The van der Waals surface area contributed by atoms with Crippen LogP contribution in [0.2, 0.25) is 0 Å². The molecule has 10 heteroatoms. The lowest BCUT2D eigenvalue weighted by molar-refractivity contribution is -0.147. The summed E-state index contributed by atoms with van der Waals surface area (Å²) in [4.78, 5) is 33.6. The number of carbonyl (C=O) groups is 2. The number of unbranched alkanes of at least 4 members (excludes halogenated alkanes) is 16. The van der Waals surface area contributed by atoms with Gasteiger partial charge in [0.05, 0.1) is 13.2 Å². The van der Waals surface area contributed by atoms with E-state index in [0.29, 0.717) is 6.42 Å².